The van der Waals surface area contributed by atoms with Gasteiger partial charge in [0.15, 0.2) is 5.82 Å². The van der Waals surface area contributed by atoms with Crippen LogP contribution in [0.3, 0.4) is 0 Å². The molecular formula is C18H19Cl2N3O. The predicted octanol–water partition coefficient (Wildman–Crippen LogP) is 5.09. The maximum Gasteiger partial charge on any atom is 0.233 e. The standard InChI is InChI=1S/C18H19Cl2N3O/c19-15-6-5-13(10-16(15)20)14(9-12-3-1-2-4-12)18(24)23-17-11-21-7-8-22-17/h5-8,10-12,14H,1-4,9H2,(H,22,23,24)/t14-/m1/s1. The van der Waals surface area contributed by atoms with Crippen LogP contribution in [-0.2, 0) is 4.79 Å². The zero-order valence-electron chi connectivity index (χ0n) is 13.2. The van der Waals surface area contributed by atoms with Crippen molar-refractivity contribution in [2.75, 3.05) is 5.32 Å². The fourth-order valence-corrected chi connectivity index (χ4v) is 3.59. The van der Waals surface area contributed by atoms with Crippen molar-refractivity contribution in [2.45, 2.75) is 38.0 Å². The van der Waals surface area contributed by atoms with Gasteiger partial charge < -0.3 is 5.32 Å². The number of aromatic nitrogens is 2. The van der Waals surface area contributed by atoms with E-state index in [0.717, 1.165) is 12.0 Å². The van der Waals surface area contributed by atoms with E-state index in [-0.39, 0.29) is 11.8 Å². The maximum atomic E-state index is 12.8. The highest BCUT2D eigenvalue weighted by atomic mass is 35.5. The molecule has 0 aliphatic heterocycles. The Labute approximate surface area is 151 Å². The summed E-state index contributed by atoms with van der Waals surface area (Å²) in [4.78, 5) is 20.9. The van der Waals surface area contributed by atoms with Crippen molar-refractivity contribution in [3.8, 4) is 0 Å². The van der Waals surface area contributed by atoms with E-state index >= 15 is 0 Å². The molecule has 1 atom stereocenters. The lowest BCUT2D eigenvalue weighted by atomic mass is 9.87. The molecule has 1 fully saturated rings. The Hall–Kier alpha value is -1.65. The van der Waals surface area contributed by atoms with E-state index in [0.29, 0.717) is 21.8 Å². The third-order valence-electron chi connectivity index (χ3n) is 4.52. The summed E-state index contributed by atoms with van der Waals surface area (Å²) in [5, 5.41) is 3.82. The Morgan fingerprint density at radius 2 is 2.00 bits per heavy atom. The molecule has 1 N–H and O–H groups in total. The monoisotopic (exact) mass is 363 g/mol. The summed E-state index contributed by atoms with van der Waals surface area (Å²) in [6, 6.07) is 5.42. The Kier molecular flexibility index (Phi) is 5.69. The molecule has 0 radical (unpaired) electrons. The van der Waals surface area contributed by atoms with Gasteiger partial charge in [0.25, 0.3) is 0 Å². The highest BCUT2D eigenvalue weighted by Gasteiger charge is 2.27. The fourth-order valence-electron chi connectivity index (χ4n) is 3.28. The highest BCUT2D eigenvalue weighted by Crippen LogP contribution is 2.36. The van der Waals surface area contributed by atoms with Gasteiger partial charge in [-0.2, -0.15) is 0 Å². The molecule has 1 aliphatic rings. The quantitative estimate of drug-likeness (QED) is 0.804. The smallest absolute Gasteiger partial charge is 0.233 e. The molecule has 2 aromatic rings. The van der Waals surface area contributed by atoms with Crippen LogP contribution in [0.4, 0.5) is 5.82 Å². The summed E-state index contributed by atoms with van der Waals surface area (Å²) in [6.45, 7) is 0. The number of carbonyl (C=O) groups is 1. The van der Waals surface area contributed by atoms with Crippen LogP contribution in [0.1, 0.15) is 43.6 Å². The van der Waals surface area contributed by atoms with Gasteiger partial charge in [0.05, 0.1) is 22.2 Å². The number of rotatable bonds is 5. The lowest BCUT2D eigenvalue weighted by Crippen LogP contribution is -2.23. The molecule has 0 spiro atoms. The van der Waals surface area contributed by atoms with Crippen LogP contribution in [0.2, 0.25) is 10.0 Å². The number of nitrogens with zero attached hydrogens (tertiary/aromatic N) is 2. The average Bonchev–Trinajstić information content (AvgIpc) is 3.09. The first-order chi connectivity index (χ1) is 11.6. The van der Waals surface area contributed by atoms with Gasteiger partial charge in [-0.25, -0.2) is 4.98 Å². The van der Waals surface area contributed by atoms with E-state index in [1.807, 2.05) is 6.07 Å². The number of anilines is 1. The molecule has 4 nitrogen and oxygen atoms in total. The number of nitrogens with one attached hydrogen (secondary N) is 1. The Bertz CT molecular complexity index is 703. The van der Waals surface area contributed by atoms with Crippen LogP contribution >= 0.6 is 23.2 Å². The van der Waals surface area contributed by atoms with Gasteiger partial charge in [0.1, 0.15) is 0 Å². The van der Waals surface area contributed by atoms with E-state index in [1.54, 1.807) is 30.7 Å². The molecule has 126 valence electrons. The third-order valence-corrected chi connectivity index (χ3v) is 5.26. The average molecular weight is 364 g/mol. The summed E-state index contributed by atoms with van der Waals surface area (Å²) < 4.78 is 0. The summed E-state index contributed by atoms with van der Waals surface area (Å²) in [6.07, 6.45) is 10.3. The van der Waals surface area contributed by atoms with Gasteiger partial charge in [-0.15, -0.1) is 0 Å². The molecule has 1 saturated carbocycles. The summed E-state index contributed by atoms with van der Waals surface area (Å²) in [5.74, 6) is 0.668. The van der Waals surface area contributed by atoms with Gasteiger partial charge in [-0.3, -0.25) is 9.78 Å². The van der Waals surface area contributed by atoms with Crippen molar-refractivity contribution in [1.82, 2.24) is 9.97 Å². The molecule has 1 aromatic carbocycles. The second kappa shape index (κ2) is 7.95. The number of halogens is 2. The van der Waals surface area contributed by atoms with Crippen LogP contribution in [0.5, 0.6) is 0 Å². The summed E-state index contributed by atoms with van der Waals surface area (Å²) >= 11 is 12.2. The maximum absolute atomic E-state index is 12.8. The molecule has 0 saturated heterocycles. The van der Waals surface area contributed by atoms with E-state index in [4.69, 9.17) is 23.2 Å². The fraction of sp³-hybridized carbons (Fsp3) is 0.389. The number of carbonyl (C=O) groups excluding carboxylic acids is 1. The number of benzene rings is 1. The number of hydrogen-bond acceptors (Lipinski definition) is 3. The zero-order valence-corrected chi connectivity index (χ0v) is 14.7. The molecule has 1 aromatic heterocycles. The van der Waals surface area contributed by atoms with Crippen molar-refractivity contribution in [3.63, 3.8) is 0 Å². The number of amides is 1. The van der Waals surface area contributed by atoms with E-state index < -0.39 is 0 Å². The molecule has 1 heterocycles. The Morgan fingerprint density at radius 1 is 1.21 bits per heavy atom. The second-order valence-corrected chi connectivity index (χ2v) is 7.01. The van der Waals surface area contributed by atoms with Crippen molar-refractivity contribution >= 4 is 34.9 Å². The summed E-state index contributed by atoms with van der Waals surface area (Å²) in [5.41, 5.74) is 0.887. The van der Waals surface area contributed by atoms with Gasteiger partial charge >= 0.3 is 0 Å². The largest absolute Gasteiger partial charge is 0.309 e. The first kappa shape index (κ1) is 17.2. The molecule has 0 unspecified atom stereocenters. The van der Waals surface area contributed by atoms with E-state index in [2.05, 4.69) is 15.3 Å². The highest BCUT2D eigenvalue weighted by molar-refractivity contribution is 6.42. The van der Waals surface area contributed by atoms with Gasteiger partial charge in [0, 0.05) is 12.4 Å². The van der Waals surface area contributed by atoms with Crippen molar-refractivity contribution in [2.24, 2.45) is 5.92 Å². The van der Waals surface area contributed by atoms with Gasteiger partial charge in [-0.1, -0.05) is 55.0 Å². The number of hydrogen-bond donors (Lipinski definition) is 1. The van der Waals surface area contributed by atoms with Crippen LogP contribution in [0, 0.1) is 5.92 Å². The second-order valence-electron chi connectivity index (χ2n) is 6.19. The Morgan fingerprint density at radius 3 is 2.67 bits per heavy atom. The first-order valence-electron chi connectivity index (χ1n) is 8.15. The first-order valence-corrected chi connectivity index (χ1v) is 8.91. The van der Waals surface area contributed by atoms with Crippen molar-refractivity contribution in [1.29, 1.82) is 0 Å². The minimum absolute atomic E-state index is 0.0826. The lowest BCUT2D eigenvalue weighted by molar-refractivity contribution is -0.118. The van der Waals surface area contributed by atoms with Gasteiger partial charge in [0.2, 0.25) is 5.91 Å². The molecule has 6 heteroatoms. The normalized spacial score (nSPS) is 16.1. The molecule has 3 rings (SSSR count). The van der Waals surface area contributed by atoms with Crippen LogP contribution < -0.4 is 5.32 Å². The molecule has 1 aliphatic carbocycles. The molecule has 24 heavy (non-hydrogen) atoms. The van der Waals surface area contributed by atoms with E-state index in [9.17, 15) is 4.79 Å². The molecule has 1 amide bonds. The van der Waals surface area contributed by atoms with Crippen molar-refractivity contribution in [3.05, 3.63) is 52.4 Å². The topological polar surface area (TPSA) is 54.9 Å². The van der Waals surface area contributed by atoms with Crippen LogP contribution in [-0.4, -0.2) is 15.9 Å². The summed E-state index contributed by atoms with van der Waals surface area (Å²) in [7, 11) is 0. The minimum Gasteiger partial charge on any atom is -0.309 e. The molecule has 0 bridgehead atoms. The third kappa shape index (κ3) is 4.25. The Balaban J connectivity index is 1.82. The van der Waals surface area contributed by atoms with Gasteiger partial charge in [-0.05, 0) is 30.0 Å². The van der Waals surface area contributed by atoms with Crippen LogP contribution in [0.15, 0.2) is 36.8 Å². The SMILES string of the molecule is O=C(Nc1cnccn1)[C@H](CC1CCCC1)c1ccc(Cl)c(Cl)c1. The minimum atomic E-state index is -0.273. The van der Waals surface area contributed by atoms with E-state index in [1.165, 1.54) is 25.7 Å². The lowest BCUT2D eigenvalue weighted by Gasteiger charge is -2.20. The predicted molar refractivity (Wildman–Crippen MR) is 96.4 cm³/mol. The zero-order chi connectivity index (χ0) is 16.9. The molecular weight excluding hydrogens is 345 g/mol. The van der Waals surface area contributed by atoms with Crippen molar-refractivity contribution < 1.29 is 4.79 Å². The van der Waals surface area contributed by atoms with Crippen LogP contribution in [0.25, 0.3) is 0 Å².